The summed E-state index contributed by atoms with van der Waals surface area (Å²) in [6.07, 6.45) is 7.20. The molecule has 1 aliphatic carbocycles. The van der Waals surface area contributed by atoms with Crippen molar-refractivity contribution < 1.29 is 4.79 Å². The number of hydrogen-bond acceptors (Lipinski definition) is 5. The van der Waals surface area contributed by atoms with E-state index in [9.17, 15) is 4.79 Å². The number of carbonyl (C=O) groups excluding carboxylic acids is 1. The molecule has 2 heterocycles. The molecule has 7 nitrogen and oxygen atoms in total. The predicted molar refractivity (Wildman–Crippen MR) is 128 cm³/mol. The van der Waals surface area contributed by atoms with Gasteiger partial charge in [0.15, 0.2) is 5.65 Å². The molecule has 2 aromatic heterocycles. The Hall–Kier alpha value is -2.67. The van der Waals surface area contributed by atoms with Crippen molar-refractivity contribution in [2.75, 3.05) is 5.32 Å². The van der Waals surface area contributed by atoms with Crippen molar-refractivity contribution in [2.24, 2.45) is 0 Å². The van der Waals surface area contributed by atoms with Crippen LogP contribution in [0, 0.1) is 0 Å². The van der Waals surface area contributed by atoms with Crippen LogP contribution in [-0.4, -0.2) is 37.7 Å². The van der Waals surface area contributed by atoms with Gasteiger partial charge < -0.3 is 10.6 Å². The van der Waals surface area contributed by atoms with E-state index in [1.54, 1.807) is 4.68 Å². The molecule has 1 atom stereocenters. The van der Waals surface area contributed by atoms with Gasteiger partial charge in [-0.05, 0) is 44.2 Å². The van der Waals surface area contributed by atoms with Gasteiger partial charge in [-0.15, -0.1) is 0 Å². The van der Waals surface area contributed by atoms with Crippen LogP contribution in [0.1, 0.15) is 71.0 Å². The monoisotopic (exact) mass is 454 g/mol. The molecule has 0 aliphatic heterocycles. The minimum absolute atomic E-state index is 0.129. The molecule has 2 N–H and O–H groups in total. The lowest BCUT2D eigenvalue weighted by Crippen LogP contribution is -2.40. The molecular weight excluding hydrogens is 424 g/mol. The zero-order valence-electron chi connectivity index (χ0n) is 18.9. The van der Waals surface area contributed by atoms with Gasteiger partial charge in [0.25, 0.3) is 0 Å². The van der Waals surface area contributed by atoms with E-state index in [-0.39, 0.29) is 17.9 Å². The molecule has 0 bridgehead atoms. The van der Waals surface area contributed by atoms with Gasteiger partial charge in [0.05, 0.1) is 22.3 Å². The van der Waals surface area contributed by atoms with Crippen LogP contribution in [0.15, 0.2) is 30.5 Å². The van der Waals surface area contributed by atoms with Crippen LogP contribution in [0.2, 0.25) is 5.02 Å². The smallest absolute Gasteiger partial charge is 0.219 e. The fraction of sp³-hybridized carbons (Fsp3) is 0.500. The summed E-state index contributed by atoms with van der Waals surface area (Å²) in [7, 11) is 0. The molecule has 1 saturated carbocycles. The highest BCUT2D eigenvalue weighted by Gasteiger charge is 2.24. The van der Waals surface area contributed by atoms with Crippen molar-refractivity contribution in [3.8, 4) is 5.69 Å². The van der Waals surface area contributed by atoms with Crippen LogP contribution >= 0.6 is 11.6 Å². The van der Waals surface area contributed by atoms with Crippen LogP contribution in [0.3, 0.4) is 0 Å². The number of carbonyl (C=O) groups is 1. The average Bonchev–Trinajstić information content (AvgIpc) is 3.24. The second-order valence-corrected chi connectivity index (χ2v) is 9.01. The Bertz CT molecular complexity index is 1090. The number of rotatable bonds is 7. The van der Waals surface area contributed by atoms with E-state index < -0.39 is 0 Å². The first-order valence-electron chi connectivity index (χ1n) is 11.6. The minimum Gasteiger partial charge on any atom is -0.367 e. The first kappa shape index (κ1) is 22.5. The maximum absolute atomic E-state index is 11.7. The van der Waals surface area contributed by atoms with Gasteiger partial charge in [-0.2, -0.15) is 5.10 Å². The first-order chi connectivity index (χ1) is 15.5. The number of nitrogens with one attached hydrogen (secondary N) is 2. The highest BCUT2D eigenvalue weighted by atomic mass is 35.5. The summed E-state index contributed by atoms with van der Waals surface area (Å²) in [5.74, 6) is 1.99. The SMILES string of the molecule is CCC(=O)NC1CCC(Nc2nc(C(C)CC)nc3c2cnn3-c2ccccc2Cl)CC1. The fourth-order valence-electron chi connectivity index (χ4n) is 4.14. The Morgan fingerprint density at radius 2 is 1.88 bits per heavy atom. The summed E-state index contributed by atoms with van der Waals surface area (Å²) in [5.41, 5.74) is 1.56. The topological polar surface area (TPSA) is 84.7 Å². The maximum Gasteiger partial charge on any atom is 0.219 e. The summed E-state index contributed by atoms with van der Waals surface area (Å²) >= 11 is 6.45. The van der Waals surface area contributed by atoms with Crippen molar-refractivity contribution in [2.45, 2.75) is 77.3 Å². The average molecular weight is 455 g/mol. The van der Waals surface area contributed by atoms with Crippen molar-refractivity contribution in [3.05, 3.63) is 41.3 Å². The Morgan fingerprint density at radius 3 is 2.56 bits per heavy atom. The lowest BCUT2D eigenvalue weighted by Gasteiger charge is -2.30. The fourth-order valence-corrected chi connectivity index (χ4v) is 4.36. The normalized spacial score (nSPS) is 19.6. The molecule has 0 spiro atoms. The number of aromatic nitrogens is 4. The molecule has 32 heavy (non-hydrogen) atoms. The van der Waals surface area contributed by atoms with E-state index in [1.165, 1.54) is 0 Å². The standard InChI is InChI=1S/C24H31ClN6O/c1-4-15(3)22-29-23(28-17-12-10-16(11-13-17)27-21(32)5-2)18-14-26-31(24(18)30-22)20-9-7-6-8-19(20)25/h6-9,14-17H,4-5,10-13H2,1-3H3,(H,27,32)(H,28,29,30). The number of benzene rings is 1. The van der Waals surface area contributed by atoms with Crippen LogP contribution in [-0.2, 0) is 4.79 Å². The molecule has 1 unspecified atom stereocenters. The van der Waals surface area contributed by atoms with Gasteiger partial charge in [0, 0.05) is 24.4 Å². The number of hydrogen-bond donors (Lipinski definition) is 2. The van der Waals surface area contributed by atoms with Gasteiger partial charge in [0.2, 0.25) is 5.91 Å². The predicted octanol–water partition coefficient (Wildman–Crippen LogP) is 5.23. The minimum atomic E-state index is 0.129. The van der Waals surface area contributed by atoms with Gasteiger partial charge in [-0.1, -0.05) is 44.5 Å². The number of para-hydroxylation sites is 1. The largest absolute Gasteiger partial charge is 0.367 e. The van der Waals surface area contributed by atoms with E-state index in [0.29, 0.717) is 17.5 Å². The number of amides is 1. The number of halogens is 1. The molecule has 8 heteroatoms. The van der Waals surface area contributed by atoms with Gasteiger partial charge in [0.1, 0.15) is 11.6 Å². The third-order valence-electron chi connectivity index (χ3n) is 6.33. The van der Waals surface area contributed by atoms with Crippen molar-refractivity contribution in [1.29, 1.82) is 0 Å². The second kappa shape index (κ2) is 9.86. The molecule has 0 radical (unpaired) electrons. The zero-order chi connectivity index (χ0) is 22.7. The van der Waals surface area contributed by atoms with Crippen molar-refractivity contribution in [1.82, 2.24) is 25.1 Å². The third kappa shape index (κ3) is 4.72. The van der Waals surface area contributed by atoms with Crippen LogP contribution < -0.4 is 10.6 Å². The van der Waals surface area contributed by atoms with E-state index in [2.05, 4.69) is 29.6 Å². The third-order valence-corrected chi connectivity index (χ3v) is 6.65. The summed E-state index contributed by atoms with van der Waals surface area (Å²) in [6, 6.07) is 8.22. The van der Waals surface area contributed by atoms with E-state index in [0.717, 1.165) is 60.5 Å². The number of anilines is 1. The molecule has 4 rings (SSSR count). The summed E-state index contributed by atoms with van der Waals surface area (Å²) in [5, 5.41) is 12.9. The molecule has 1 amide bonds. The van der Waals surface area contributed by atoms with Gasteiger partial charge >= 0.3 is 0 Å². The number of nitrogens with zero attached hydrogens (tertiary/aromatic N) is 4. The van der Waals surface area contributed by atoms with E-state index >= 15 is 0 Å². The quantitative estimate of drug-likeness (QED) is 0.510. The molecule has 0 saturated heterocycles. The molecule has 3 aromatic rings. The lowest BCUT2D eigenvalue weighted by atomic mass is 9.91. The Morgan fingerprint density at radius 1 is 1.16 bits per heavy atom. The first-order valence-corrected chi connectivity index (χ1v) is 11.9. The van der Waals surface area contributed by atoms with Gasteiger partial charge in [-0.25, -0.2) is 14.6 Å². The molecule has 1 fully saturated rings. The van der Waals surface area contributed by atoms with E-state index in [1.807, 2.05) is 37.4 Å². The Kier molecular flexibility index (Phi) is 6.94. The zero-order valence-corrected chi connectivity index (χ0v) is 19.7. The molecule has 1 aromatic carbocycles. The van der Waals surface area contributed by atoms with Gasteiger partial charge in [-0.3, -0.25) is 4.79 Å². The highest BCUT2D eigenvalue weighted by Crippen LogP contribution is 2.30. The highest BCUT2D eigenvalue weighted by molar-refractivity contribution is 6.32. The molecule has 170 valence electrons. The van der Waals surface area contributed by atoms with Crippen molar-refractivity contribution >= 4 is 34.4 Å². The summed E-state index contributed by atoms with van der Waals surface area (Å²) in [6.45, 7) is 6.17. The van der Waals surface area contributed by atoms with Crippen LogP contribution in [0.25, 0.3) is 16.7 Å². The summed E-state index contributed by atoms with van der Waals surface area (Å²) < 4.78 is 1.80. The lowest BCUT2D eigenvalue weighted by molar-refractivity contribution is -0.121. The molecular formula is C24H31ClN6O. The summed E-state index contributed by atoms with van der Waals surface area (Å²) in [4.78, 5) is 21.5. The molecule has 1 aliphatic rings. The second-order valence-electron chi connectivity index (χ2n) is 8.60. The van der Waals surface area contributed by atoms with Crippen LogP contribution in [0.5, 0.6) is 0 Å². The Labute approximate surface area is 194 Å². The van der Waals surface area contributed by atoms with Crippen LogP contribution in [0.4, 0.5) is 5.82 Å². The maximum atomic E-state index is 11.7. The van der Waals surface area contributed by atoms with E-state index in [4.69, 9.17) is 21.6 Å². The number of fused-ring (bicyclic) bond motifs is 1. The Balaban J connectivity index is 1.63. The van der Waals surface area contributed by atoms with Crippen molar-refractivity contribution in [3.63, 3.8) is 0 Å².